The van der Waals surface area contributed by atoms with Gasteiger partial charge < -0.3 is 0 Å². The van der Waals surface area contributed by atoms with Crippen molar-refractivity contribution in [3.8, 4) is 6.07 Å². The molecule has 98 valence electrons. The van der Waals surface area contributed by atoms with Gasteiger partial charge in [0.05, 0.1) is 17.4 Å². The number of benzene rings is 1. The highest BCUT2D eigenvalue weighted by atomic mass is 32.2. The van der Waals surface area contributed by atoms with E-state index in [1.54, 1.807) is 6.92 Å². The third kappa shape index (κ3) is 3.52. The molecule has 0 saturated carbocycles. The quantitative estimate of drug-likeness (QED) is 0.820. The fourth-order valence-corrected chi connectivity index (χ4v) is 2.68. The Hall–Kier alpha value is -1.45. The van der Waals surface area contributed by atoms with Crippen LogP contribution in [0.4, 0.5) is 4.39 Å². The van der Waals surface area contributed by atoms with Crippen LogP contribution in [0, 0.1) is 17.1 Å². The molecular formula is C12H15FN2O2S. The van der Waals surface area contributed by atoms with Gasteiger partial charge in [0, 0.05) is 19.2 Å². The van der Waals surface area contributed by atoms with Crippen molar-refractivity contribution in [1.29, 1.82) is 5.26 Å². The number of hydrogen-bond donors (Lipinski definition) is 0. The van der Waals surface area contributed by atoms with Crippen LogP contribution in [0.3, 0.4) is 0 Å². The lowest BCUT2D eigenvalue weighted by Gasteiger charge is -2.17. The van der Waals surface area contributed by atoms with E-state index >= 15 is 0 Å². The Bertz CT molecular complexity index is 564. The van der Waals surface area contributed by atoms with Crippen LogP contribution >= 0.6 is 0 Å². The lowest BCUT2D eigenvalue weighted by atomic mass is 10.1. The van der Waals surface area contributed by atoms with E-state index in [-0.39, 0.29) is 17.9 Å². The van der Waals surface area contributed by atoms with Crippen LogP contribution in [0.25, 0.3) is 0 Å². The molecular weight excluding hydrogens is 255 g/mol. The highest BCUT2D eigenvalue weighted by molar-refractivity contribution is 7.89. The molecule has 6 heteroatoms. The van der Waals surface area contributed by atoms with Gasteiger partial charge in [-0.25, -0.2) is 17.1 Å². The second-order valence-corrected chi connectivity index (χ2v) is 6.19. The zero-order valence-electron chi connectivity index (χ0n) is 10.4. The van der Waals surface area contributed by atoms with Gasteiger partial charge in [-0.1, -0.05) is 6.92 Å². The number of halogens is 1. The van der Waals surface area contributed by atoms with Gasteiger partial charge in [-0.15, -0.1) is 0 Å². The summed E-state index contributed by atoms with van der Waals surface area (Å²) in [6.45, 7) is 1.70. The molecule has 0 saturated heterocycles. The van der Waals surface area contributed by atoms with Gasteiger partial charge >= 0.3 is 0 Å². The summed E-state index contributed by atoms with van der Waals surface area (Å²) in [4.78, 5) is 0. The van der Waals surface area contributed by atoms with Crippen LogP contribution < -0.4 is 0 Å². The summed E-state index contributed by atoms with van der Waals surface area (Å²) in [5.74, 6) is -0.476. The van der Waals surface area contributed by atoms with Crippen molar-refractivity contribution >= 4 is 10.0 Å². The van der Waals surface area contributed by atoms with E-state index in [0.29, 0.717) is 12.0 Å². The Labute approximate surface area is 107 Å². The summed E-state index contributed by atoms with van der Waals surface area (Å²) >= 11 is 0. The van der Waals surface area contributed by atoms with Crippen LogP contribution in [0.5, 0.6) is 0 Å². The van der Waals surface area contributed by atoms with Gasteiger partial charge in [0.15, 0.2) is 0 Å². The predicted molar refractivity (Wildman–Crippen MR) is 66.7 cm³/mol. The van der Waals surface area contributed by atoms with Crippen molar-refractivity contribution in [1.82, 2.24) is 4.31 Å². The monoisotopic (exact) mass is 270 g/mol. The standard InChI is InChI=1S/C12H15FN2O2S/c1-3-6-18(16,17)15(2)9-11-7-10(8-14)4-5-12(11)13/h4-5,7H,3,6,9H2,1-2H3. The molecule has 0 N–H and O–H groups in total. The van der Waals surface area contributed by atoms with Crippen molar-refractivity contribution in [3.63, 3.8) is 0 Å². The number of hydrogen-bond acceptors (Lipinski definition) is 3. The second kappa shape index (κ2) is 5.94. The molecule has 1 aromatic rings. The molecule has 0 aromatic heterocycles. The third-order valence-corrected chi connectivity index (χ3v) is 4.51. The molecule has 0 amide bonds. The predicted octanol–water partition coefficient (Wildman–Crippen LogP) is 1.87. The third-order valence-electron chi connectivity index (χ3n) is 2.50. The van der Waals surface area contributed by atoms with Crippen molar-refractivity contribution in [3.05, 3.63) is 35.1 Å². The molecule has 0 spiro atoms. The van der Waals surface area contributed by atoms with E-state index in [1.165, 1.54) is 25.2 Å². The summed E-state index contributed by atoms with van der Waals surface area (Å²) in [5, 5.41) is 8.73. The van der Waals surface area contributed by atoms with Gasteiger partial charge in [0.2, 0.25) is 10.0 Å². The summed E-state index contributed by atoms with van der Waals surface area (Å²) < 4.78 is 38.1. The van der Waals surface area contributed by atoms with Crippen LogP contribution in [-0.2, 0) is 16.6 Å². The maximum absolute atomic E-state index is 13.5. The molecule has 1 rings (SSSR count). The van der Waals surface area contributed by atoms with Gasteiger partial charge in [0.25, 0.3) is 0 Å². The zero-order valence-corrected chi connectivity index (χ0v) is 11.2. The smallest absolute Gasteiger partial charge is 0.212 e. The average molecular weight is 270 g/mol. The van der Waals surface area contributed by atoms with Gasteiger partial charge in [-0.2, -0.15) is 5.26 Å². The first kappa shape index (κ1) is 14.6. The summed E-state index contributed by atoms with van der Waals surface area (Å²) in [6.07, 6.45) is 0.507. The number of rotatable bonds is 5. The van der Waals surface area contributed by atoms with E-state index in [4.69, 9.17) is 5.26 Å². The molecule has 1 aromatic carbocycles. The Morgan fingerprint density at radius 3 is 2.67 bits per heavy atom. The van der Waals surface area contributed by atoms with Gasteiger partial charge in [-0.3, -0.25) is 0 Å². The first-order valence-corrected chi connectivity index (χ1v) is 7.14. The molecule has 0 fully saturated rings. The normalized spacial score (nSPS) is 11.5. The molecule has 0 bridgehead atoms. The first-order chi connectivity index (χ1) is 8.40. The molecule has 0 heterocycles. The fraction of sp³-hybridized carbons (Fsp3) is 0.417. The largest absolute Gasteiger partial charge is 0.214 e. The Morgan fingerprint density at radius 2 is 2.11 bits per heavy atom. The minimum atomic E-state index is -3.36. The first-order valence-electron chi connectivity index (χ1n) is 5.53. The maximum Gasteiger partial charge on any atom is 0.214 e. The lowest BCUT2D eigenvalue weighted by molar-refractivity contribution is 0.455. The Balaban J connectivity index is 2.95. The lowest BCUT2D eigenvalue weighted by Crippen LogP contribution is -2.29. The molecule has 0 aliphatic carbocycles. The zero-order chi connectivity index (χ0) is 13.8. The van der Waals surface area contributed by atoms with E-state index in [1.807, 2.05) is 6.07 Å². The van der Waals surface area contributed by atoms with Crippen molar-refractivity contribution < 1.29 is 12.8 Å². The van der Waals surface area contributed by atoms with Crippen LogP contribution in [0.15, 0.2) is 18.2 Å². The van der Waals surface area contributed by atoms with Crippen molar-refractivity contribution in [2.24, 2.45) is 0 Å². The Kier molecular flexibility index (Phi) is 4.82. The summed E-state index contributed by atoms with van der Waals surface area (Å²) in [5.41, 5.74) is 0.518. The molecule has 0 atom stereocenters. The average Bonchev–Trinajstić information content (AvgIpc) is 2.31. The highest BCUT2D eigenvalue weighted by Crippen LogP contribution is 2.14. The van der Waals surface area contributed by atoms with Crippen LogP contribution in [-0.4, -0.2) is 25.5 Å². The highest BCUT2D eigenvalue weighted by Gasteiger charge is 2.18. The van der Waals surface area contributed by atoms with E-state index in [9.17, 15) is 12.8 Å². The minimum Gasteiger partial charge on any atom is -0.212 e. The summed E-state index contributed by atoms with van der Waals surface area (Å²) in [7, 11) is -1.95. The van der Waals surface area contributed by atoms with Crippen LogP contribution in [0.2, 0.25) is 0 Å². The van der Waals surface area contributed by atoms with E-state index in [2.05, 4.69) is 0 Å². The molecule has 18 heavy (non-hydrogen) atoms. The SMILES string of the molecule is CCCS(=O)(=O)N(C)Cc1cc(C#N)ccc1F. The van der Waals surface area contributed by atoms with Crippen molar-refractivity contribution in [2.45, 2.75) is 19.9 Å². The number of nitriles is 1. The van der Waals surface area contributed by atoms with E-state index < -0.39 is 15.8 Å². The number of nitrogens with zero attached hydrogens (tertiary/aromatic N) is 2. The number of sulfonamides is 1. The topological polar surface area (TPSA) is 61.2 Å². The molecule has 0 unspecified atom stereocenters. The fourth-order valence-electron chi connectivity index (χ4n) is 1.52. The maximum atomic E-state index is 13.5. The van der Waals surface area contributed by atoms with Crippen LogP contribution in [0.1, 0.15) is 24.5 Å². The van der Waals surface area contributed by atoms with Gasteiger partial charge in [-0.05, 0) is 24.6 Å². The Morgan fingerprint density at radius 1 is 1.44 bits per heavy atom. The van der Waals surface area contributed by atoms with Gasteiger partial charge in [0.1, 0.15) is 5.82 Å². The van der Waals surface area contributed by atoms with E-state index in [0.717, 1.165) is 4.31 Å². The second-order valence-electron chi connectivity index (χ2n) is 3.99. The molecule has 0 radical (unpaired) electrons. The molecule has 0 aliphatic rings. The van der Waals surface area contributed by atoms with Crippen molar-refractivity contribution in [2.75, 3.05) is 12.8 Å². The minimum absolute atomic E-state index is 0.0308. The molecule has 0 aliphatic heterocycles. The summed E-state index contributed by atoms with van der Waals surface area (Å²) in [6, 6.07) is 5.80. The molecule has 4 nitrogen and oxygen atoms in total.